The zero-order valence-electron chi connectivity index (χ0n) is 13.5. The molecule has 0 atom stereocenters. The zero-order chi connectivity index (χ0) is 17.4. The van der Waals surface area contributed by atoms with E-state index in [2.05, 4.69) is 15.1 Å². The predicted molar refractivity (Wildman–Crippen MR) is 93.0 cm³/mol. The normalized spacial score (nSPS) is 11.1. The molecule has 0 spiro atoms. The predicted octanol–water partition coefficient (Wildman–Crippen LogP) is 3.12. The fraction of sp³-hybridized carbons (Fsp3) is 0.105. The summed E-state index contributed by atoms with van der Waals surface area (Å²) in [6.45, 7) is 1.78. The maximum absolute atomic E-state index is 13.9. The van der Waals surface area contributed by atoms with Crippen LogP contribution in [0.4, 0.5) is 4.39 Å². The Morgan fingerprint density at radius 3 is 2.80 bits per heavy atom. The molecular formula is C19H15FN4O. The van der Waals surface area contributed by atoms with Crippen LogP contribution in [0.5, 0.6) is 0 Å². The Morgan fingerprint density at radius 2 is 2.04 bits per heavy atom. The number of pyridine rings is 1. The average molecular weight is 334 g/mol. The van der Waals surface area contributed by atoms with E-state index in [4.69, 9.17) is 0 Å². The van der Waals surface area contributed by atoms with Crippen LogP contribution in [0.1, 0.15) is 16.8 Å². The van der Waals surface area contributed by atoms with Gasteiger partial charge in [-0.05, 0) is 24.6 Å². The molecule has 0 radical (unpaired) electrons. The lowest BCUT2D eigenvalue weighted by Crippen LogP contribution is -2.22. The van der Waals surface area contributed by atoms with Crippen LogP contribution in [0.15, 0.2) is 59.8 Å². The number of nitrogens with zero attached hydrogens (tertiary/aromatic N) is 3. The van der Waals surface area contributed by atoms with Gasteiger partial charge >= 0.3 is 0 Å². The van der Waals surface area contributed by atoms with Crippen molar-refractivity contribution in [1.29, 1.82) is 0 Å². The number of rotatable bonds is 3. The fourth-order valence-corrected chi connectivity index (χ4v) is 2.93. The lowest BCUT2D eigenvalue weighted by molar-refractivity contribution is 0.613. The van der Waals surface area contributed by atoms with E-state index in [1.165, 1.54) is 10.6 Å². The van der Waals surface area contributed by atoms with Gasteiger partial charge in [0.2, 0.25) is 0 Å². The molecule has 4 rings (SSSR count). The van der Waals surface area contributed by atoms with Crippen LogP contribution in [0.3, 0.4) is 0 Å². The van der Waals surface area contributed by atoms with Crippen molar-refractivity contribution in [3.8, 4) is 11.1 Å². The molecule has 6 heteroatoms. The Balaban J connectivity index is 1.86. The first-order valence-corrected chi connectivity index (χ1v) is 7.88. The molecule has 0 fully saturated rings. The molecule has 4 aromatic rings. The van der Waals surface area contributed by atoms with Crippen LogP contribution >= 0.6 is 0 Å². The first kappa shape index (κ1) is 15.3. The molecule has 0 aliphatic rings. The lowest BCUT2D eigenvalue weighted by atomic mass is 10.0. The van der Waals surface area contributed by atoms with Crippen molar-refractivity contribution in [2.75, 3.05) is 0 Å². The van der Waals surface area contributed by atoms with Gasteiger partial charge in [0.05, 0.1) is 0 Å². The summed E-state index contributed by atoms with van der Waals surface area (Å²) in [4.78, 5) is 21.5. The summed E-state index contributed by atoms with van der Waals surface area (Å²) < 4.78 is 15.3. The number of benzene rings is 1. The van der Waals surface area contributed by atoms with E-state index in [9.17, 15) is 9.18 Å². The van der Waals surface area contributed by atoms with Gasteiger partial charge in [0.15, 0.2) is 5.65 Å². The van der Waals surface area contributed by atoms with Gasteiger partial charge in [-0.1, -0.05) is 24.3 Å². The van der Waals surface area contributed by atoms with Crippen molar-refractivity contribution >= 4 is 5.65 Å². The second-order valence-electron chi connectivity index (χ2n) is 5.84. The monoisotopic (exact) mass is 334 g/mol. The minimum atomic E-state index is -0.325. The Morgan fingerprint density at radius 1 is 1.20 bits per heavy atom. The lowest BCUT2D eigenvalue weighted by Gasteiger charge is -2.07. The van der Waals surface area contributed by atoms with E-state index >= 15 is 0 Å². The van der Waals surface area contributed by atoms with Gasteiger partial charge in [-0.15, -0.1) is 0 Å². The zero-order valence-corrected chi connectivity index (χ0v) is 13.5. The number of hydrogen-bond acceptors (Lipinski definition) is 3. The largest absolute Gasteiger partial charge is 0.296 e. The van der Waals surface area contributed by atoms with Crippen molar-refractivity contribution in [2.45, 2.75) is 13.3 Å². The number of fused-ring (bicyclic) bond motifs is 1. The van der Waals surface area contributed by atoms with Crippen LogP contribution < -0.4 is 5.56 Å². The van der Waals surface area contributed by atoms with E-state index in [0.29, 0.717) is 22.5 Å². The van der Waals surface area contributed by atoms with Gasteiger partial charge in [0.25, 0.3) is 5.56 Å². The minimum absolute atomic E-state index is 0.203. The molecule has 0 bridgehead atoms. The summed E-state index contributed by atoms with van der Waals surface area (Å²) in [5, 5.41) is 2.94. The molecule has 0 saturated heterocycles. The number of aromatic nitrogens is 4. The van der Waals surface area contributed by atoms with Crippen LogP contribution in [-0.4, -0.2) is 19.6 Å². The summed E-state index contributed by atoms with van der Waals surface area (Å²) in [6, 6.07) is 10.2. The number of aromatic amines is 1. The van der Waals surface area contributed by atoms with Crippen molar-refractivity contribution in [3.63, 3.8) is 0 Å². The maximum atomic E-state index is 13.9. The van der Waals surface area contributed by atoms with E-state index in [0.717, 1.165) is 11.1 Å². The minimum Gasteiger partial charge on any atom is -0.296 e. The molecule has 3 heterocycles. The van der Waals surface area contributed by atoms with E-state index < -0.39 is 0 Å². The second-order valence-corrected chi connectivity index (χ2v) is 5.84. The van der Waals surface area contributed by atoms with Gasteiger partial charge in [0, 0.05) is 47.4 Å². The summed E-state index contributed by atoms with van der Waals surface area (Å²) >= 11 is 0. The molecular weight excluding hydrogens is 319 g/mol. The SMILES string of the molecule is Cc1nc2c(-c3cccnc3)c[nH]n2c(=O)c1Cc1ccccc1F. The molecule has 0 aliphatic carbocycles. The highest BCUT2D eigenvalue weighted by Crippen LogP contribution is 2.22. The second kappa shape index (κ2) is 5.98. The molecule has 0 aliphatic heterocycles. The van der Waals surface area contributed by atoms with Gasteiger partial charge in [0.1, 0.15) is 5.82 Å². The van der Waals surface area contributed by atoms with E-state index in [-0.39, 0.29) is 17.8 Å². The molecule has 0 amide bonds. The first-order valence-electron chi connectivity index (χ1n) is 7.88. The third kappa shape index (κ3) is 2.61. The summed E-state index contributed by atoms with van der Waals surface area (Å²) in [5.74, 6) is -0.325. The number of halogens is 1. The third-order valence-corrected chi connectivity index (χ3v) is 4.26. The fourth-order valence-electron chi connectivity index (χ4n) is 2.93. The Bertz CT molecular complexity index is 1120. The van der Waals surface area contributed by atoms with Crippen molar-refractivity contribution in [2.24, 2.45) is 0 Å². The first-order chi connectivity index (χ1) is 12.1. The molecule has 1 aromatic carbocycles. The van der Waals surface area contributed by atoms with E-state index in [1.54, 1.807) is 43.7 Å². The highest BCUT2D eigenvalue weighted by molar-refractivity contribution is 5.76. The average Bonchev–Trinajstić information content (AvgIpc) is 3.04. The smallest absolute Gasteiger partial charge is 0.276 e. The molecule has 3 aromatic heterocycles. The van der Waals surface area contributed by atoms with Crippen LogP contribution in [-0.2, 0) is 6.42 Å². The molecule has 1 N–H and O–H groups in total. The Kier molecular flexibility index (Phi) is 3.65. The van der Waals surface area contributed by atoms with Gasteiger partial charge in [-0.2, -0.15) is 0 Å². The summed E-state index contributed by atoms with van der Waals surface area (Å²) in [5.41, 5.74) is 3.53. The molecule has 25 heavy (non-hydrogen) atoms. The third-order valence-electron chi connectivity index (χ3n) is 4.26. The Labute approximate surface area is 142 Å². The molecule has 0 saturated carbocycles. The van der Waals surface area contributed by atoms with Crippen LogP contribution in [0.25, 0.3) is 16.8 Å². The molecule has 0 unspecified atom stereocenters. The van der Waals surface area contributed by atoms with Gasteiger partial charge < -0.3 is 0 Å². The summed E-state index contributed by atoms with van der Waals surface area (Å²) in [7, 11) is 0. The van der Waals surface area contributed by atoms with Gasteiger partial charge in [-0.3, -0.25) is 14.9 Å². The number of nitrogens with one attached hydrogen (secondary N) is 1. The maximum Gasteiger partial charge on any atom is 0.276 e. The van der Waals surface area contributed by atoms with E-state index in [1.807, 2.05) is 12.1 Å². The standard InChI is InChI=1S/C19H15FN4O/c1-12-15(9-13-5-2-3-7-17(13)20)19(25)24-18(23-12)16(11-22-24)14-6-4-8-21-10-14/h2-8,10-11,22H,9H2,1H3. The number of H-pyrrole nitrogens is 1. The molecule has 124 valence electrons. The number of hydrogen-bond donors (Lipinski definition) is 1. The van der Waals surface area contributed by atoms with Crippen LogP contribution in [0, 0.1) is 12.7 Å². The van der Waals surface area contributed by atoms with Crippen molar-refractivity contribution in [3.05, 3.63) is 88.0 Å². The highest BCUT2D eigenvalue weighted by atomic mass is 19.1. The summed E-state index contributed by atoms with van der Waals surface area (Å²) in [6.07, 6.45) is 5.34. The Hall–Kier alpha value is -3.28. The highest BCUT2D eigenvalue weighted by Gasteiger charge is 2.16. The van der Waals surface area contributed by atoms with Gasteiger partial charge in [-0.25, -0.2) is 13.9 Å². The van der Waals surface area contributed by atoms with Crippen molar-refractivity contribution in [1.82, 2.24) is 19.6 Å². The number of aryl methyl sites for hydroxylation is 1. The van der Waals surface area contributed by atoms with Crippen molar-refractivity contribution < 1.29 is 4.39 Å². The van der Waals surface area contributed by atoms with Crippen LogP contribution in [0.2, 0.25) is 0 Å². The topological polar surface area (TPSA) is 63.1 Å². The quantitative estimate of drug-likeness (QED) is 0.626. The molecule has 5 nitrogen and oxygen atoms in total.